The highest BCUT2D eigenvalue weighted by Crippen LogP contribution is 2.44. The fourth-order valence-corrected chi connectivity index (χ4v) is 3.32. The number of hydrogen-bond acceptors (Lipinski definition) is 2. The largest absolute Gasteiger partial charge is 0.415 e. The second-order valence-corrected chi connectivity index (χ2v) is 12.0. The summed E-state index contributed by atoms with van der Waals surface area (Å²) in [6.07, 6.45) is 2.81. The van der Waals surface area contributed by atoms with Gasteiger partial charge in [0.2, 0.25) is 0 Å². The summed E-state index contributed by atoms with van der Waals surface area (Å²) in [5.74, 6) is 2.03. The Hall–Kier alpha value is 0.137. The lowest BCUT2D eigenvalue weighted by atomic mass is 10.1. The number of nitrogens with one attached hydrogen (secondary N) is 1. The van der Waals surface area contributed by atoms with Gasteiger partial charge in [-0.3, -0.25) is 0 Å². The first kappa shape index (κ1) is 12.6. The SMILES string of the molecule is CC(C)(C)[Si](C)(C)OCC1CC2CC2CN1. The number of rotatable bonds is 3. The minimum absolute atomic E-state index is 0.337. The summed E-state index contributed by atoms with van der Waals surface area (Å²) in [4.78, 5) is 0. The number of hydrogen-bond donors (Lipinski definition) is 1. The van der Waals surface area contributed by atoms with Gasteiger partial charge in [0.25, 0.3) is 0 Å². The van der Waals surface area contributed by atoms with E-state index in [0.29, 0.717) is 11.1 Å². The Balaban J connectivity index is 1.78. The van der Waals surface area contributed by atoms with Gasteiger partial charge in [-0.05, 0) is 49.4 Å². The van der Waals surface area contributed by atoms with Gasteiger partial charge in [-0.1, -0.05) is 20.8 Å². The van der Waals surface area contributed by atoms with Gasteiger partial charge >= 0.3 is 0 Å². The zero-order valence-corrected chi connectivity index (χ0v) is 12.5. The van der Waals surface area contributed by atoms with Gasteiger partial charge in [-0.15, -0.1) is 0 Å². The molecule has 0 bridgehead atoms. The van der Waals surface area contributed by atoms with Crippen LogP contribution >= 0.6 is 0 Å². The van der Waals surface area contributed by atoms with Gasteiger partial charge in [-0.25, -0.2) is 0 Å². The smallest absolute Gasteiger partial charge is 0.192 e. The van der Waals surface area contributed by atoms with Crippen LogP contribution < -0.4 is 5.32 Å². The quantitative estimate of drug-likeness (QED) is 0.767. The van der Waals surface area contributed by atoms with E-state index in [9.17, 15) is 0 Å². The molecule has 2 nitrogen and oxygen atoms in total. The lowest BCUT2D eigenvalue weighted by molar-refractivity contribution is 0.217. The Morgan fingerprint density at radius 2 is 1.88 bits per heavy atom. The second kappa shape index (κ2) is 4.11. The van der Waals surface area contributed by atoms with Gasteiger partial charge < -0.3 is 9.74 Å². The summed E-state index contributed by atoms with van der Waals surface area (Å²) >= 11 is 0. The summed E-state index contributed by atoms with van der Waals surface area (Å²) in [5.41, 5.74) is 0. The van der Waals surface area contributed by atoms with Crippen LogP contribution in [0.2, 0.25) is 18.1 Å². The molecule has 2 rings (SSSR count). The molecule has 16 heavy (non-hydrogen) atoms. The van der Waals surface area contributed by atoms with E-state index in [1.165, 1.54) is 19.4 Å². The molecule has 2 fully saturated rings. The molecule has 0 spiro atoms. The third kappa shape index (κ3) is 2.69. The summed E-state index contributed by atoms with van der Waals surface area (Å²) in [7, 11) is -1.54. The van der Waals surface area contributed by atoms with E-state index in [2.05, 4.69) is 39.2 Å². The zero-order valence-electron chi connectivity index (χ0n) is 11.5. The van der Waals surface area contributed by atoms with Crippen LogP contribution in [0.5, 0.6) is 0 Å². The van der Waals surface area contributed by atoms with Crippen molar-refractivity contribution in [2.45, 2.75) is 57.8 Å². The normalized spacial score (nSPS) is 34.7. The molecule has 0 aromatic rings. The summed E-state index contributed by atoms with van der Waals surface area (Å²) < 4.78 is 6.28. The number of piperidine rings is 1. The van der Waals surface area contributed by atoms with Crippen molar-refractivity contribution >= 4 is 8.32 Å². The first-order valence-electron chi connectivity index (χ1n) is 6.67. The second-order valence-electron chi connectivity index (χ2n) is 7.17. The summed E-state index contributed by atoms with van der Waals surface area (Å²) in [6.45, 7) is 13.8. The summed E-state index contributed by atoms with van der Waals surface area (Å²) in [6, 6.07) is 0.623. The highest BCUT2D eigenvalue weighted by molar-refractivity contribution is 6.74. The Labute approximate surface area is 101 Å². The van der Waals surface area contributed by atoms with Gasteiger partial charge in [-0.2, -0.15) is 0 Å². The average Bonchev–Trinajstić information content (AvgIpc) is 2.90. The minimum Gasteiger partial charge on any atom is -0.415 e. The fraction of sp³-hybridized carbons (Fsp3) is 1.00. The number of fused-ring (bicyclic) bond motifs is 1. The summed E-state index contributed by atoms with van der Waals surface area (Å²) in [5, 5.41) is 3.97. The third-order valence-corrected chi connectivity index (χ3v) is 9.28. The van der Waals surface area contributed by atoms with E-state index >= 15 is 0 Å². The van der Waals surface area contributed by atoms with Crippen LogP contribution in [0.25, 0.3) is 0 Å². The Morgan fingerprint density at radius 1 is 1.19 bits per heavy atom. The molecule has 0 aromatic heterocycles. The van der Waals surface area contributed by atoms with Crippen molar-refractivity contribution in [1.82, 2.24) is 5.32 Å². The van der Waals surface area contributed by atoms with E-state index < -0.39 is 8.32 Å². The first-order valence-corrected chi connectivity index (χ1v) is 9.58. The van der Waals surface area contributed by atoms with Crippen molar-refractivity contribution in [2.75, 3.05) is 13.2 Å². The van der Waals surface area contributed by atoms with E-state index in [1.54, 1.807) is 0 Å². The van der Waals surface area contributed by atoms with Crippen molar-refractivity contribution in [1.29, 1.82) is 0 Å². The lowest BCUT2D eigenvalue weighted by Crippen LogP contribution is -2.46. The monoisotopic (exact) mass is 241 g/mol. The molecule has 0 radical (unpaired) electrons. The molecule has 1 aliphatic carbocycles. The molecule has 1 aliphatic heterocycles. The van der Waals surface area contributed by atoms with E-state index in [1.807, 2.05) is 0 Å². The molecule has 3 unspecified atom stereocenters. The van der Waals surface area contributed by atoms with Gasteiger partial charge in [0.05, 0.1) is 0 Å². The lowest BCUT2D eigenvalue weighted by Gasteiger charge is -2.38. The fourth-order valence-electron chi connectivity index (χ4n) is 2.27. The van der Waals surface area contributed by atoms with Crippen LogP contribution in [0.3, 0.4) is 0 Å². The van der Waals surface area contributed by atoms with Crippen LogP contribution in [0.4, 0.5) is 0 Å². The maximum Gasteiger partial charge on any atom is 0.192 e. The molecule has 2 aliphatic rings. The van der Waals surface area contributed by atoms with Crippen molar-refractivity contribution in [2.24, 2.45) is 11.8 Å². The minimum atomic E-state index is -1.54. The standard InChI is InChI=1S/C13H27NOSi/c1-13(2,3)16(4,5)15-9-12-7-10-6-11(10)8-14-12/h10-12,14H,6-9H2,1-5H3. The molecule has 3 atom stereocenters. The van der Waals surface area contributed by atoms with Crippen LogP contribution in [0, 0.1) is 11.8 Å². The molecule has 0 amide bonds. The predicted octanol–water partition coefficient (Wildman–Crippen LogP) is 3.01. The van der Waals surface area contributed by atoms with E-state index in [-0.39, 0.29) is 0 Å². The van der Waals surface area contributed by atoms with Crippen molar-refractivity contribution in [3.63, 3.8) is 0 Å². The average molecular weight is 241 g/mol. The van der Waals surface area contributed by atoms with Gasteiger partial charge in [0.15, 0.2) is 8.32 Å². The first-order chi connectivity index (χ1) is 7.29. The van der Waals surface area contributed by atoms with Crippen LogP contribution in [-0.2, 0) is 4.43 Å². The zero-order chi connectivity index (χ0) is 12.0. The Morgan fingerprint density at radius 3 is 2.44 bits per heavy atom. The van der Waals surface area contributed by atoms with E-state index in [0.717, 1.165) is 18.4 Å². The Bertz CT molecular complexity index is 259. The van der Waals surface area contributed by atoms with Crippen molar-refractivity contribution < 1.29 is 4.43 Å². The van der Waals surface area contributed by atoms with E-state index in [4.69, 9.17) is 4.43 Å². The maximum atomic E-state index is 6.28. The Kier molecular flexibility index (Phi) is 3.23. The topological polar surface area (TPSA) is 21.3 Å². The van der Waals surface area contributed by atoms with Crippen LogP contribution in [-0.4, -0.2) is 27.5 Å². The molecule has 1 heterocycles. The molecule has 1 saturated heterocycles. The highest BCUT2D eigenvalue weighted by Gasteiger charge is 2.43. The maximum absolute atomic E-state index is 6.28. The molecule has 1 saturated carbocycles. The van der Waals surface area contributed by atoms with Crippen LogP contribution in [0.1, 0.15) is 33.6 Å². The third-order valence-electron chi connectivity index (χ3n) is 4.78. The van der Waals surface area contributed by atoms with Gasteiger partial charge in [0, 0.05) is 12.6 Å². The van der Waals surface area contributed by atoms with Gasteiger partial charge in [0.1, 0.15) is 0 Å². The van der Waals surface area contributed by atoms with Crippen molar-refractivity contribution in [3.8, 4) is 0 Å². The molecule has 0 aromatic carbocycles. The molecule has 3 heteroatoms. The predicted molar refractivity (Wildman–Crippen MR) is 71.2 cm³/mol. The van der Waals surface area contributed by atoms with Crippen LogP contribution in [0.15, 0.2) is 0 Å². The highest BCUT2D eigenvalue weighted by atomic mass is 28.4. The molecular formula is C13H27NOSi. The molecule has 94 valence electrons. The molecular weight excluding hydrogens is 214 g/mol. The molecule has 1 N–H and O–H groups in total. The van der Waals surface area contributed by atoms with Crippen molar-refractivity contribution in [3.05, 3.63) is 0 Å².